The van der Waals surface area contributed by atoms with Gasteiger partial charge in [0.2, 0.25) is 0 Å². The topological polar surface area (TPSA) is 46.2 Å². The van der Waals surface area contributed by atoms with Crippen LogP contribution >= 0.6 is 0 Å². The van der Waals surface area contributed by atoms with Crippen LogP contribution in [0.1, 0.15) is 38.5 Å². The van der Waals surface area contributed by atoms with Crippen molar-refractivity contribution in [3.8, 4) is 0 Å². The Hall–Kier alpha value is -0.350. The van der Waals surface area contributed by atoms with E-state index >= 15 is 0 Å². The summed E-state index contributed by atoms with van der Waals surface area (Å²) in [6, 6.07) is 0. The van der Waals surface area contributed by atoms with Crippen LogP contribution in [0.25, 0.3) is 0 Å². The standard InChI is InChI=1S/C13H25NO2S/c1-11-7-5-4-6-8-12(11)13(9-10-14-2)17(3,15)16/h12-14H,1,4-10H2,2-3H3/t12-,13?/m1/s1. The van der Waals surface area contributed by atoms with Crippen molar-refractivity contribution in [1.29, 1.82) is 0 Å². The summed E-state index contributed by atoms with van der Waals surface area (Å²) in [5.74, 6) is 0.167. The van der Waals surface area contributed by atoms with Crippen molar-refractivity contribution in [1.82, 2.24) is 5.32 Å². The average Bonchev–Trinajstić information content (AvgIpc) is 2.43. The fourth-order valence-corrected chi connectivity index (χ4v) is 4.20. The lowest BCUT2D eigenvalue weighted by Gasteiger charge is -2.26. The van der Waals surface area contributed by atoms with Gasteiger partial charge in [-0.05, 0) is 45.2 Å². The number of sulfone groups is 1. The second kappa shape index (κ2) is 6.55. The molecule has 0 bridgehead atoms. The van der Waals surface area contributed by atoms with E-state index in [0.717, 1.165) is 37.8 Å². The average molecular weight is 259 g/mol. The Balaban J connectivity index is 2.83. The van der Waals surface area contributed by atoms with Crippen LogP contribution in [0.4, 0.5) is 0 Å². The number of allylic oxidation sites excluding steroid dienone is 1. The molecule has 0 aromatic rings. The van der Waals surface area contributed by atoms with Gasteiger partial charge in [-0.1, -0.05) is 25.0 Å². The molecule has 1 fully saturated rings. The third-order valence-electron chi connectivity index (χ3n) is 3.71. The molecule has 4 heteroatoms. The van der Waals surface area contributed by atoms with Crippen LogP contribution in [0.2, 0.25) is 0 Å². The van der Waals surface area contributed by atoms with Gasteiger partial charge in [-0.2, -0.15) is 0 Å². The van der Waals surface area contributed by atoms with Gasteiger partial charge < -0.3 is 5.32 Å². The molecule has 1 aliphatic carbocycles. The summed E-state index contributed by atoms with van der Waals surface area (Å²) in [6.07, 6.45) is 7.55. The number of hydrogen-bond donors (Lipinski definition) is 1. The molecular formula is C13H25NO2S. The zero-order valence-corrected chi connectivity index (χ0v) is 11.9. The Bertz CT molecular complexity index is 348. The van der Waals surface area contributed by atoms with Crippen LogP contribution in [0.3, 0.4) is 0 Å². The molecule has 1 N–H and O–H groups in total. The van der Waals surface area contributed by atoms with E-state index in [-0.39, 0.29) is 11.2 Å². The molecule has 0 aliphatic heterocycles. The van der Waals surface area contributed by atoms with Gasteiger partial charge in [0.05, 0.1) is 5.25 Å². The van der Waals surface area contributed by atoms with Crippen LogP contribution in [0.15, 0.2) is 12.2 Å². The summed E-state index contributed by atoms with van der Waals surface area (Å²) in [7, 11) is -1.12. The van der Waals surface area contributed by atoms with Crippen molar-refractivity contribution >= 4 is 9.84 Å². The maximum atomic E-state index is 11.9. The highest BCUT2D eigenvalue weighted by atomic mass is 32.2. The molecule has 1 saturated carbocycles. The molecule has 17 heavy (non-hydrogen) atoms. The third kappa shape index (κ3) is 4.43. The molecule has 0 spiro atoms. The van der Waals surface area contributed by atoms with Crippen molar-refractivity contribution in [2.24, 2.45) is 5.92 Å². The maximum Gasteiger partial charge on any atom is 0.150 e. The van der Waals surface area contributed by atoms with E-state index in [1.54, 1.807) is 0 Å². The predicted octanol–water partition coefficient (Wildman–Crippen LogP) is 2.15. The molecule has 0 amide bonds. The molecule has 2 atom stereocenters. The monoisotopic (exact) mass is 259 g/mol. The zero-order chi connectivity index (χ0) is 12.9. The van der Waals surface area contributed by atoms with Crippen molar-refractivity contribution in [3.05, 3.63) is 12.2 Å². The molecule has 0 saturated heterocycles. The molecule has 1 aliphatic rings. The van der Waals surface area contributed by atoms with Crippen LogP contribution in [0, 0.1) is 5.92 Å². The summed E-state index contributed by atoms with van der Waals surface area (Å²) >= 11 is 0. The van der Waals surface area contributed by atoms with Crippen LogP contribution in [-0.4, -0.2) is 33.5 Å². The predicted molar refractivity (Wildman–Crippen MR) is 72.9 cm³/mol. The Morgan fingerprint density at radius 1 is 1.41 bits per heavy atom. The molecule has 0 aromatic carbocycles. The lowest BCUT2D eigenvalue weighted by Crippen LogP contribution is -2.32. The van der Waals surface area contributed by atoms with Gasteiger partial charge in [0.1, 0.15) is 0 Å². The highest BCUT2D eigenvalue weighted by Gasteiger charge is 2.31. The molecule has 3 nitrogen and oxygen atoms in total. The summed E-state index contributed by atoms with van der Waals surface area (Å²) in [4.78, 5) is 0. The van der Waals surface area contributed by atoms with Crippen molar-refractivity contribution in [3.63, 3.8) is 0 Å². The lowest BCUT2D eigenvalue weighted by atomic mass is 9.90. The van der Waals surface area contributed by atoms with E-state index in [4.69, 9.17) is 0 Å². The van der Waals surface area contributed by atoms with Gasteiger partial charge in [-0.25, -0.2) is 8.42 Å². The minimum atomic E-state index is -2.99. The second-order valence-electron chi connectivity index (χ2n) is 5.12. The van der Waals surface area contributed by atoms with Crippen molar-refractivity contribution in [2.75, 3.05) is 19.8 Å². The van der Waals surface area contributed by atoms with Crippen LogP contribution < -0.4 is 5.32 Å². The third-order valence-corrected chi connectivity index (χ3v) is 5.38. The second-order valence-corrected chi connectivity index (χ2v) is 7.39. The molecule has 1 unspecified atom stereocenters. The highest BCUT2D eigenvalue weighted by molar-refractivity contribution is 7.91. The van der Waals surface area contributed by atoms with Crippen molar-refractivity contribution < 1.29 is 8.42 Å². The number of nitrogens with one attached hydrogen (secondary N) is 1. The minimum absolute atomic E-state index is 0.167. The quantitative estimate of drug-likeness (QED) is 0.608. The number of hydrogen-bond acceptors (Lipinski definition) is 3. The maximum absolute atomic E-state index is 11.9. The summed E-state index contributed by atoms with van der Waals surface area (Å²) in [5.41, 5.74) is 1.15. The van der Waals surface area contributed by atoms with E-state index in [1.807, 2.05) is 7.05 Å². The molecule has 1 rings (SSSR count). The van der Waals surface area contributed by atoms with E-state index < -0.39 is 9.84 Å². The smallest absolute Gasteiger partial charge is 0.150 e. The first kappa shape index (κ1) is 14.7. The summed E-state index contributed by atoms with van der Waals surface area (Å²) in [6.45, 7) is 4.86. The fourth-order valence-electron chi connectivity index (χ4n) is 2.73. The Morgan fingerprint density at radius 2 is 2.12 bits per heavy atom. The molecule has 0 radical (unpaired) electrons. The molecular weight excluding hydrogens is 234 g/mol. The zero-order valence-electron chi connectivity index (χ0n) is 11.0. The Kier molecular flexibility index (Phi) is 5.67. The fraction of sp³-hybridized carbons (Fsp3) is 0.846. The SMILES string of the molecule is C=C1CCCCC[C@H]1C(CCNC)S(C)(=O)=O. The largest absolute Gasteiger partial charge is 0.320 e. The van der Waals surface area contributed by atoms with Gasteiger partial charge in [0.25, 0.3) is 0 Å². The van der Waals surface area contributed by atoms with Gasteiger partial charge in [-0.3, -0.25) is 0 Å². The molecule has 0 heterocycles. The van der Waals surface area contributed by atoms with Crippen LogP contribution in [-0.2, 0) is 9.84 Å². The minimum Gasteiger partial charge on any atom is -0.320 e. The Morgan fingerprint density at radius 3 is 2.71 bits per heavy atom. The van der Waals surface area contributed by atoms with E-state index in [2.05, 4.69) is 11.9 Å². The van der Waals surface area contributed by atoms with Gasteiger partial charge in [0.15, 0.2) is 9.84 Å². The lowest BCUT2D eigenvalue weighted by molar-refractivity contribution is 0.471. The summed E-state index contributed by atoms with van der Waals surface area (Å²) < 4.78 is 23.9. The van der Waals surface area contributed by atoms with E-state index in [9.17, 15) is 8.42 Å². The van der Waals surface area contributed by atoms with Gasteiger partial charge >= 0.3 is 0 Å². The first-order chi connectivity index (χ1) is 7.96. The normalized spacial score (nSPS) is 24.4. The van der Waals surface area contributed by atoms with Crippen LogP contribution in [0.5, 0.6) is 0 Å². The molecule has 0 aromatic heterocycles. The Labute approximate surface area is 106 Å². The number of rotatable bonds is 5. The summed E-state index contributed by atoms with van der Waals surface area (Å²) in [5, 5.41) is 2.80. The van der Waals surface area contributed by atoms with E-state index in [0.29, 0.717) is 6.42 Å². The first-order valence-electron chi connectivity index (χ1n) is 6.48. The van der Waals surface area contributed by atoms with E-state index in [1.165, 1.54) is 12.7 Å². The van der Waals surface area contributed by atoms with Gasteiger partial charge in [-0.15, -0.1) is 0 Å². The highest BCUT2D eigenvalue weighted by Crippen LogP contribution is 2.33. The van der Waals surface area contributed by atoms with Gasteiger partial charge in [0, 0.05) is 6.26 Å². The molecule has 100 valence electrons. The first-order valence-corrected chi connectivity index (χ1v) is 8.43. The van der Waals surface area contributed by atoms with Crippen molar-refractivity contribution in [2.45, 2.75) is 43.8 Å².